The Hall–Kier alpha value is -7.30. The van der Waals surface area contributed by atoms with Gasteiger partial charge in [0.15, 0.2) is 8.07 Å². The van der Waals surface area contributed by atoms with Gasteiger partial charge in [-0.1, -0.05) is 200 Å². The van der Waals surface area contributed by atoms with Crippen LogP contribution in [-0.2, 0) is 0 Å². The van der Waals surface area contributed by atoms with E-state index in [1.54, 1.807) is 0 Å². The average molecular weight is 812 g/mol. The van der Waals surface area contributed by atoms with E-state index in [1.807, 2.05) is 11.3 Å². The molecule has 61 heavy (non-hydrogen) atoms. The summed E-state index contributed by atoms with van der Waals surface area (Å²) in [5, 5.41) is 10.5. The van der Waals surface area contributed by atoms with E-state index in [-0.39, 0.29) is 0 Å². The van der Waals surface area contributed by atoms with Gasteiger partial charge in [-0.15, -0.1) is 11.3 Å². The molecule has 11 rings (SSSR count). The third kappa shape index (κ3) is 6.56. The Morgan fingerprint density at radius 2 is 0.738 bits per heavy atom. The fourth-order valence-corrected chi connectivity index (χ4v) is 15.1. The quantitative estimate of drug-likeness (QED) is 0.104. The zero-order chi connectivity index (χ0) is 40.6. The Kier molecular flexibility index (Phi) is 9.46. The van der Waals surface area contributed by atoms with Crippen LogP contribution in [0.2, 0.25) is 0 Å². The van der Waals surface area contributed by atoms with E-state index in [1.165, 1.54) is 73.9 Å². The van der Waals surface area contributed by atoms with Crippen molar-refractivity contribution in [2.24, 2.45) is 0 Å². The monoisotopic (exact) mass is 811 g/mol. The van der Waals surface area contributed by atoms with Crippen LogP contribution in [0.5, 0.6) is 0 Å². The molecule has 10 aromatic carbocycles. The van der Waals surface area contributed by atoms with E-state index in [0.29, 0.717) is 0 Å². The molecule has 1 aromatic heterocycles. The van der Waals surface area contributed by atoms with Gasteiger partial charge in [0, 0.05) is 36.9 Å². The van der Waals surface area contributed by atoms with Gasteiger partial charge in [-0.2, -0.15) is 0 Å². The standard InChI is InChI=1S/C58H41NSSi/c1-5-16-42(17-6-1)46-32-38-57-54(40-46)55-41-48(35-39-58(55)60-57)59(56-27-15-19-45-18-13-14-26-53(45)56)47-33-28-43(29-34-47)44-30-36-52(37-31-44)61(49-20-7-2-8-21-49,50-22-9-3-10-23-50)51-24-11-4-12-25-51/h1-41H. The molecule has 0 unspecified atom stereocenters. The number of nitrogens with zero attached hydrogens (tertiary/aromatic N) is 1. The molecule has 0 aliphatic carbocycles. The second-order valence-electron chi connectivity index (χ2n) is 15.7. The molecule has 0 saturated carbocycles. The lowest BCUT2D eigenvalue weighted by Gasteiger charge is -2.34. The van der Waals surface area contributed by atoms with Crippen molar-refractivity contribution in [3.63, 3.8) is 0 Å². The van der Waals surface area contributed by atoms with Crippen LogP contribution in [0.25, 0.3) is 53.2 Å². The van der Waals surface area contributed by atoms with Gasteiger partial charge >= 0.3 is 0 Å². The first-order chi connectivity index (χ1) is 30.2. The first kappa shape index (κ1) is 36.8. The number of anilines is 3. The summed E-state index contributed by atoms with van der Waals surface area (Å²) in [6.45, 7) is 0. The molecule has 0 bridgehead atoms. The van der Waals surface area contributed by atoms with E-state index >= 15 is 0 Å². The average Bonchev–Trinajstić information content (AvgIpc) is 3.71. The summed E-state index contributed by atoms with van der Waals surface area (Å²) in [7, 11) is -2.60. The van der Waals surface area contributed by atoms with Crippen LogP contribution in [0, 0.1) is 0 Å². The molecule has 11 aromatic rings. The van der Waals surface area contributed by atoms with Crippen molar-refractivity contribution >= 4 is 88.2 Å². The smallest absolute Gasteiger partial charge is 0.179 e. The molecule has 0 N–H and O–H groups in total. The van der Waals surface area contributed by atoms with Crippen LogP contribution < -0.4 is 25.6 Å². The van der Waals surface area contributed by atoms with Crippen LogP contribution in [0.4, 0.5) is 17.1 Å². The van der Waals surface area contributed by atoms with Crippen LogP contribution in [0.3, 0.4) is 0 Å². The predicted octanol–water partition coefficient (Wildman–Crippen LogP) is 13.4. The molecule has 0 amide bonds. The molecule has 1 nitrogen and oxygen atoms in total. The highest BCUT2D eigenvalue weighted by atomic mass is 32.1. The minimum absolute atomic E-state index is 1.12. The summed E-state index contributed by atoms with van der Waals surface area (Å²) in [5.41, 5.74) is 8.26. The molecular weight excluding hydrogens is 771 g/mol. The summed E-state index contributed by atoms with van der Waals surface area (Å²) in [4.78, 5) is 2.43. The van der Waals surface area contributed by atoms with Crippen molar-refractivity contribution in [3.05, 3.63) is 249 Å². The maximum atomic E-state index is 2.43. The number of benzene rings is 10. The topological polar surface area (TPSA) is 3.24 Å². The van der Waals surface area contributed by atoms with Crippen molar-refractivity contribution in [1.82, 2.24) is 0 Å². The van der Waals surface area contributed by atoms with Crippen LogP contribution >= 0.6 is 11.3 Å². The van der Waals surface area contributed by atoms with Gasteiger partial charge in [-0.05, 0) is 96.9 Å². The summed E-state index contributed by atoms with van der Waals surface area (Å²) in [6, 6.07) is 91.8. The zero-order valence-corrected chi connectivity index (χ0v) is 35.3. The van der Waals surface area contributed by atoms with Gasteiger partial charge in [0.05, 0.1) is 5.69 Å². The van der Waals surface area contributed by atoms with Crippen molar-refractivity contribution < 1.29 is 0 Å². The molecule has 1 heterocycles. The van der Waals surface area contributed by atoms with Gasteiger partial charge in [0.25, 0.3) is 0 Å². The van der Waals surface area contributed by atoms with E-state index in [2.05, 4.69) is 254 Å². The van der Waals surface area contributed by atoms with Crippen molar-refractivity contribution in [3.8, 4) is 22.3 Å². The Morgan fingerprint density at radius 3 is 1.36 bits per heavy atom. The molecular formula is C58H41NSSi. The lowest BCUT2D eigenvalue weighted by atomic mass is 10.0. The molecule has 288 valence electrons. The van der Waals surface area contributed by atoms with Crippen molar-refractivity contribution in [2.45, 2.75) is 0 Å². The molecule has 0 saturated heterocycles. The third-order valence-electron chi connectivity index (χ3n) is 12.2. The van der Waals surface area contributed by atoms with E-state index in [4.69, 9.17) is 0 Å². The predicted molar refractivity (Wildman–Crippen MR) is 266 cm³/mol. The fraction of sp³-hybridized carbons (Fsp3) is 0. The number of fused-ring (bicyclic) bond motifs is 4. The molecule has 0 aliphatic rings. The lowest BCUT2D eigenvalue weighted by molar-refractivity contribution is 1.30. The largest absolute Gasteiger partial charge is 0.310 e. The summed E-state index contributed by atoms with van der Waals surface area (Å²) in [5.74, 6) is 0. The van der Waals surface area contributed by atoms with Gasteiger partial charge in [-0.25, -0.2) is 0 Å². The Bertz CT molecular complexity index is 3170. The third-order valence-corrected chi connectivity index (χ3v) is 18.2. The van der Waals surface area contributed by atoms with Crippen LogP contribution in [0.1, 0.15) is 0 Å². The molecule has 0 spiro atoms. The maximum absolute atomic E-state index is 2.60. The summed E-state index contributed by atoms with van der Waals surface area (Å²) < 4.78 is 2.59. The van der Waals surface area contributed by atoms with E-state index in [9.17, 15) is 0 Å². The number of hydrogen-bond donors (Lipinski definition) is 0. The van der Waals surface area contributed by atoms with Crippen LogP contribution in [0.15, 0.2) is 249 Å². The summed E-state index contributed by atoms with van der Waals surface area (Å²) in [6.07, 6.45) is 0. The highest BCUT2D eigenvalue weighted by Gasteiger charge is 2.41. The number of rotatable bonds is 9. The normalized spacial score (nSPS) is 11.6. The first-order valence-electron chi connectivity index (χ1n) is 20.9. The lowest BCUT2D eigenvalue weighted by Crippen LogP contribution is -2.74. The number of thiophene rings is 1. The molecule has 0 fully saturated rings. The Labute approximate surface area is 362 Å². The molecule has 3 heteroatoms. The number of hydrogen-bond acceptors (Lipinski definition) is 2. The minimum atomic E-state index is -2.60. The first-order valence-corrected chi connectivity index (χ1v) is 23.7. The van der Waals surface area contributed by atoms with Crippen LogP contribution in [-0.4, -0.2) is 8.07 Å². The molecule has 0 radical (unpaired) electrons. The van der Waals surface area contributed by atoms with Gasteiger partial charge in [0.1, 0.15) is 0 Å². The summed E-state index contributed by atoms with van der Waals surface area (Å²) >= 11 is 1.86. The van der Waals surface area contributed by atoms with Gasteiger partial charge in [0.2, 0.25) is 0 Å². The SMILES string of the molecule is c1ccc(-c2ccc3sc4ccc(N(c5ccc(-c6ccc([Si](c7ccccc7)(c7ccccc7)c7ccccc7)cc6)cc5)c5cccc6ccccc56)cc4c3c2)cc1. The Morgan fingerprint density at radius 1 is 0.295 bits per heavy atom. The molecule has 0 aliphatic heterocycles. The van der Waals surface area contributed by atoms with Crippen molar-refractivity contribution in [2.75, 3.05) is 4.90 Å². The second-order valence-corrected chi connectivity index (χ2v) is 20.6. The van der Waals surface area contributed by atoms with Gasteiger partial charge in [-0.3, -0.25) is 0 Å². The maximum Gasteiger partial charge on any atom is 0.179 e. The highest BCUT2D eigenvalue weighted by Crippen LogP contribution is 2.43. The Balaban J connectivity index is 1.01. The zero-order valence-electron chi connectivity index (χ0n) is 33.5. The van der Waals surface area contributed by atoms with E-state index < -0.39 is 8.07 Å². The second kappa shape index (κ2) is 15.7. The minimum Gasteiger partial charge on any atom is -0.310 e. The van der Waals surface area contributed by atoms with Gasteiger partial charge < -0.3 is 4.90 Å². The highest BCUT2D eigenvalue weighted by molar-refractivity contribution is 7.25. The fourth-order valence-electron chi connectivity index (χ4n) is 9.33. The van der Waals surface area contributed by atoms with E-state index in [0.717, 1.165) is 17.1 Å². The molecule has 0 atom stereocenters. The van der Waals surface area contributed by atoms with Crippen molar-refractivity contribution in [1.29, 1.82) is 0 Å².